The molecule has 0 radical (unpaired) electrons. The van der Waals surface area contributed by atoms with Crippen molar-refractivity contribution < 1.29 is 29.0 Å². The van der Waals surface area contributed by atoms with Crippen molar-refractivity contribution in [1.29, 1.82) is 0 Å². The van der Waals surface area contributed by atoms with Crippen LogP contribution in [0.3, 0.4) is 0 Å². The number of hydrogen-bond donors (Lipinski definition) is 0. The Balaban J connectivity index is 0.00000400. The summed E-state index contributed by atoms with van der Waals surface area (Å²) in [5.74, 6) is 1.20. The molecule has 45 heavy (non-hydrogen) atoms. The standard InChI is InChI=1S/C38H30Cl2O2P2.Ru/c1-41-37-31(39)23-25-33(43(27-15-7-3-8-16-27)28-17-9-4-10-18-28)35(37)36-34(26-24-32(40)38(36)42-2)44(29-19-11-5-12-20-29)30-21-13-6-14-22-30;/h3-26H,1-2H3;. The van der Waals surface area contributed by atoms with E-state index in [2.05, 4.69) is 133 Å². The fraction of sp³-hybridized carbons (Fsp3) is 0.0526. The number of ether oxygens (including phenoxy) is 2. The van der Waals surface area contributed by atoms with Gasteiger partial charge in [-0.05, 0) is 59.8 Å². The van der Waals surface area contributed by atoms with E-state index in [1.807, 2.05) is 12.1 Å². The zero-order chi connectivity index (χ0) is 30.5. The summed E-state index contributed by atoms with van der Waals surface area (Å²) >= 11 is 13.9. The van der Waals surface area contributed by atoms with Crippen LogP contribution in [0, 0.1) is 0 Å². The van der Waals surface area contributed by atoms with Crippen LogP contribution in [-0.4, -0.2) is 14.2 Å². The van der Waals surface area contributed by atoms with E-state index in [-0.39, 0.29) is 19.5 Å². The first-order chi connectivity index (χ1) is 21.6. The van der Waals surface area contributed by atoms with E-state index in [0.29, 0.717) is 21.5 Å². The molecule has 0 bridgehead atoms. The first kappa shape index (κ1) is 33.3. The minimum atomic E-state index is -1.02. The molecule has 0 saturated carbocycles. The van der Waals surface area contributed by atoms with Gasteiger partial charge in [-0.1, -0.05) is 157 Å². The molecule has 0 N–H and O–H groups in total. The van der Waals surface area contributed by atoms with Crippen LogP contribution in [0.4, 0.5) is 0 Å². The first-order valence-corrected chi connectivity index (χ1v) is 17.6. The number of benzene rings is 6. The summed E-state index contributed by atoms with van der Waals surface area (Å²) in [6.07, 6.45) is 0. The van der Waals surface area contributed by atoms with Gasteiger partial charge in [-0.2, -0.15) is 0 Å². The molecule has 0 aliphatic heterocycles. The summed E-state index contributed by atoms with van der Waals surface area (Å²) in [5, 5.41) is 8.14. The Labute approximate surface area is 290 Å². The van der Waals surface area contributed by atoms with Crippen LogP contribution >= 0.6 is 39.0 Å². The molecule has 0 atom stereocenters. The molecule has 0 aliphatic carbocycles. The van der Waals surface area contributed by atoms with Gasteiger partial charge in [0.15, 0.2) is 0 Å². The Morgan fingerprint density at radius 2 is 0.667 bits per heavy atom. The topological polar surface area (TPSA) is 18.5 Å². The molecular formula is C38H30Cl2O2P2Ru. The minimum absolute atomic E-state index is 0. The fourth-order valence-corrected chi connectivity index (χ4v) is 10.9. The van der Waals surface area contributed by atoms with Crippen molar-refractivity contribution in [2.45, 2.75) is 0 Å². The van der Waals surface area contributed by atoms with E-state index in [1.54, 1.807) is 14.2 Å². The van der Waals surface area contributed by atoms with Gasteiger partial charge in [0.05, 0.1) is 24.3 Å². The average Bonchev–Trinajstić information content (AvgIpc) is 3.08. The molecular weight excluding hydrogens is 722 g/mol. The van der Waals surface area contributed by atoms with Gasteiger partial charge in [0.25, 0.3) is 0 Å². The third-order valence-electron chi connectivity index (χ3n) is 7.37. The van der Waals surface area contributed by atoms with Gasteiger partial charge in [0.1, 0.15) is 11.5 Å². The smallest absolute Gasteiger partial charge is 0.146 e. The van der Waals surface area contributed by atoms with E-state index >= 15 is 0 Å². The molecule has 0 saturated heterocycles. The summed E-state index contributed by atoms with van der Waals surface area (Å²) in [7, 11) is 1.31. The molecule has 0 fully saturated rings. The van der Waals surface area contributed by atoms with Gasteiger partial charge < -0.3 is 9.47 Å². The number of methoxy groups -OCH3 is 2. The molecule has 6 aromatic rings. The zero-order valence-electron chi connectivity index (χ0n) is 24.7. The van der Waals surface area contributed by atoms with E-state index in [4.69, 9.17) is 32.7 Å². The van der Waals surface area contributed by atoms with Gasteiger partial charge >= 0.3 is 0 Å². The van der Waals surface area contributed by atoms with Crippen LogP contribution in [0.1, 0.15) is 0 Å². The van der Waals surface area contributed by atoms with E-state index < -0.39 is 15.8 Å². The van der Waals surface area contributed by atoms with Crippen LogP contribution in [0.5, 0.6) is 11.5 Å². The van der Waals surface area contributed by atoms with E-state index in [9.17, 15) is 0 Å². The maximum Gasteiger partial charge on any atom is 0.146 e. The number of halogens is 2. The molecule has 226 valence electrons. The van der Waals surface area contributed by atoms with Crippen molar-refractivity contribution in [1.82, 2.24) is 0 Å². The van der Waals surface area contributed by atoms with Gasteiger partial charge in [-0.25, -0.2) is 0 Å². The quantitative estimate of drug-likeness (QED) is 0.110. The predicted octanol–water partition coefficient (Wildman–Crippen LogP) is 8.19. The maximum atomic E-state index is 6.96. The summed E-state index contributed by atoms with van der Waals surface area (Å²) in [4.78, 5) is 0. The summed E-state index contributed by atoms with van der Waals surface area (Å²) in [6.45, 7) is 0. The SMILES string of the molecule is COc1c(Cl)ccc(P(c2ccccc2)c2ccccc2)c1-c1c(P(c2ccccc2)c2ccccc2)ccc(Cl)c1OC.[Ru]. The molecule has 0 aliphatic rings. The van der Waals surface area contributed by atoms with Crippen LogP contribution < -0.4 is 41.3 Å². The van der Waals surface area contributed by atoms with Crippen LogP contribution in [0.15, 0.2) is 146 Å². The van der Waals surface area contributed by atoms with Crippen molar-refractivity contribution in [3.63, 3.8) is 0 Å². The summed E-state index contributed by atoms with van der Waals surface area (Å²) in [5.41, 5.74) is 1.79. The molecule has 2 nitrogen and oxygen atoms in total. The normalized spacial score (nSPS) is 10.9. The Morgan fingerprint density at radius 1 is 0.400 bits per heavy atom. The molecule has 0 aromatic heterocycles. The van der Waals surface area contributed by atoms with Gasteiger partial charge in [-0.3, -0.25) is 0 Å². The predicted molar refractivity (Wildman–Crippen MR) is 192 cm³/mol. The Hall–Kier alpha value is -3.02. The van der Waals surface area contributed by atoms with Crippen molar-refractivity contribution in [3.8, 4) is 22.6 Å². The second-order valence-electron chi connectivity index (χ2n) is 9.96. The van der Waals surface area contributed by atoms with E-state index in [1.165, 1.54) is 21.2 Å². The second kappa shape index (κ2) is 15.5. The molecule has 0 unspecified atom stereocenters. The Bertz CT molecular complexity index is 1640. The number of hydrogen-bond acceptors (Lipinski definition) is 2. The second-order valence-corrected chi connectivity index (χ2v) is 15.1. The van der Waals surface area contributed by atoms with Gasteiger partial charge in [0.2, 0.25) is 0 Å². The van der Waals surface area contributed by atoms with Gasteiger partial charge in [-0.15, -0.1) is 0 Å². The van der Waals surface area contributed by atoms with E-state index in [0.717, 1.165) is 21.7 Å². The Morgan fingerprint density at radius 3 is 0.911 bits per heavy atom. The molecule has 0 spiro atoms. The average molecular weight is 753 g/mol. The summed E-state index contributed by atoms with van der Waals surface area (Å²) < 4.78 is 12.3. The van der Waals surface area contributed by atoms with Crippen molar-refractivity contribution in [2.24, 2.45) is 0 Å². The van der Waals surface area contributed by atoms with Crippen LogP contribution in [-0.2, 0) is 19.5 Å². The first-order valence-electron chi connectivity index (χ1n) is 14.2. The fourth-order valence-electron chi connectivity index (χ4n) is 5.51. The van der Waals surface area contributed by atoms with Crippen molar-refractivity contribution in [2.75, 3.05) is 14.2 Å². The molecule has 6 rings (SSSR count). The monoisotopic (exact) mass is 752 g/mol. The maximum absolute atomic E-state index is 6.96. The number of rotatable bonds is 9. The summed E-state index contributed by atoms with van der Waals surface area (Å²) in [6, 6.07) is 50.7. The Kier molecular flexibility index (Phi) is 11.5. The van der Waals surface area contributed by atoms with Crippen LogP contribution in [0.2, 0.25) is 10.0 Å². The molecule has 0 heterocycles. The van der Waals surface area contributed by atoms with Crippen LogP contribution in [0.25, 0.3) is 11.1 Å². The minimum Gasteiger partial charge on any atom is -0.495 e. The largest absolute Gasteiger partial charge is 0.495 e. The third kappa shape index (κ3) is 6.90. The van der Waals surface area contributed by atoms with Gasteiger partial charge in [0, 0.05) is 30.6 Å². The molecule has 6 aromatic carbocycles. The third-order valence-corrected chi connectivity index (χ3v) is 12.9. The van der Waals surface area contributed by atoms with Crippen molar-refractivity contribution >= 4 is 70.9 Å². The molecule has 0 amide bonds. The molecule has 7 heteroatoms. The zero-order valence-corrected chi connectivity index (χ0v) is 29.7. The van der Waals surface area contributed by atoms with Crippen molar-refractivity contribution in [3.05, 3.63) is 156 Å².